The van der Waals surface area contributed by atoms with Crippen molar-refractivity contribution in [3.63, 3.8) is 0 Å². The number of hydrogen-bond acceptors (Lipinski definition) is 4. The minimum Gasteiger partial charge on any atom is -0.392 e. The summed E-state index contributed by atoms with van der Waals surface area (Å²) in [6.45, 7) is 2.99. The normalized spacial score (nSPS) is 20.1. The smallest absolute Gasteiger partial charge is 0.240 e. The SMILES string of the molecule is Cc1c(Br)cc(CO)cc1S(=O)(=O)NCC1CCCN1C. The first kappa shape index (κ1) is 16.9. The van der Waals surface area contributed by atoms with Gasteiger partial charge in [-0.15, -0.1) is 0 Å². The van der Waals surface area contributed by atoms with Gasteiger partial charge < -0.3 is 10.0 Å². The summed E-state index contributed by atoms with van der Waals surface area (Å²) < 4.78 is 28.4. The lowest BCUT2D eigenvalue weighted by molar-refractivity contribution is 0.281. The van der Waals surface area contributed by atoms with Gasteiger partial charge in [-0.1, -0.05) is 15.9 Å². The van der Waals surface area contributed by atoms with Crippen molar-refractivity contribution in [1.29, 1.82) is 0 Å². The third-order valence-corrected chi connectivity index (χ3v) is 6.38. The molecule has 1 atom stereocenters. The van der Waals surface area contributed by atoms with Gasteiger partial charge in [0.05, 0.1) is 11.5 Å². The standard InChI is InChI=1S/C14H21BrN2O3S/c1-10-13(15)6-11(9-18)7-14(10)21(19,20)16-8-12-4-3-5-17(12)2/h6-7,12,16,18H,3-5,8-9H2,1-2H3. The molecule has 21 heavy (non-hydrogen) atoms. The number of nitrogens with one attached hydrogen (secondary N) is 1. The monoisotopic (exact) mass is 376 g/mol. The molecule has 1 fully saturated rings. The number of halogens is 1. The minimum absolute atomic E-state index is 0.188. The number of aliphatic hydroxyl groups is 1. The molecule has 1 saturated heterocycles. The van der Waals surface area contributed by atoms with Crippen LogP contribution in [0.4, 0.5) is 0 Å². The van der Waals surface area contributed by atoms with Crippen LogP contribution in [0.2, 0.25) is 0 Å². The molecular formula is C14H21BrN2O3S. The van der Waals surface area contributed by atoms with E-state index in [1.165, 1.54) is 6.07 Å². The molecule has 1 aromatic carbocycles. The third kappa shape index (κ3) is 3.84. The molecule has 0 bridgehead atoms. The molecule has 1 unspecified atom stereocenters. The molecule has 0 saturated carbocycles. The summed E-state index contributed by atoms with van der Waals surface area (Å²) in [4.78, 5) is 2.40. The second-order valence-corrected chi connectivity index (χ2v) is 8.08. The average molecular weight is 377 g/mol. The molecule has 2 N–H and O–H groups in total. The van der Waals surface area contributed by atoms with Crippen LogP contribution in [-0.2, 0) is 16.6 Å². The molecule has 118 valence electrons. The zero-order valence-corrected chi connectivity index (χ0v) is 14.7. The number of sulfonamides is 1. The molecule has 1 aromatic rings. The van der Waals surface area contributed by atoms with Gasteiger partial charge in [0.1, 0.15) is 0 Å². The van der Waals surface area contributed by atoms with Gasteiger partial charge in [0, 0.05) is 17.1 Å². The maximum Gasteiger partial charge on any atom is 0.240 e. The number of hydrogen-bond donors (Lipinski definition) is 2. The summed E-state index contributed by atoms with van der Waals surface area (Å²) in [6.07, 6.45) is 2.12. The Labute approximate surface area is 134 Å². The highest BCUT2D eigenvalue weighted by molar-refractivity contribution is 9.10. The molecule has 0 radical (unpaired) electrons. The van der Waals surface area contributed by atoms with E-state index in [1.54, 1.807) is 13.0 Å². The van der Waals surface area contributed by atoms with Gasteiger partial charge in [0.15, 0.2) is 0 Å². The first-order valence-corrected chi connectivity index (χ1v) is 9.22. The van der Waals surface area contributed by atoms with Crippen molar-refractivity contribution in [3.05, 3.63) is 27.7 Å². The van der Waals surface area contributed by atoms with Crippen LogP contribution in [0.25, 0.3) is 0 Å². The van der Waals surface area contributed by atoms with E-state index in [0.717, 1.165) is 19.4 Å². The van der Waals surface area contributed by atoms with E-state index in [-0.39, 0.29) is 17.5 Å². The van der Waals surface area contributed by atoms with Crippen LogP contribution in [-0.4, -0.2) is 44.6 Å². The van der Waals surface area contributed by atoms with E-state index in [2.05, 4.69) is 25.6 Å². The lowest BCUT2D eigenvalue weighted by Crippen LogP contribution is -2.38. The Hall–Kier alpha value is -0.470. The average Bonchev–Trinajstić information content (AvgIpc) is 2.84. The predicted molar refractivity (Wildman–Crippen MR) is 85.6 cm³/mol. The predicted octanol–water partition coefficient (Wildman–Crippen LogP) is 1.62. The summed E-state index contributed by atoms with van der Waals surface area (Å²) in [5, 5.41) is 9.24. The van der Waals surface area contributed by atoms with E-state index < -0.39 is 10.0 Å². The number of benzene rings is 1. The van der Waals surface area contributed by atoms with E-state index >= 15 is 0 Å². The summed E-state index contributed by atoms with van der Waals surface area (Å²) in [7, 11) is -1.56. The summed E-state index contributed by atoms with van der Waals surface area (Å²) >= 11 is 3.35. The van der Waals surface area contributed by atoms with Crippen LogP contribution in [0.5, 0.6) is 0 Å². The first-order valence-electron chi connectivity index (χ1n) is 6.95. The lowest BCUT2D eigenvalue weighted by Gasteiger charge is -2.20. The van der Waals surface area contributed by atoms with Gasteiger partial charge in [-0.05, 0) is 56.6 Å². The molecule has 0 aliphatic carbocycles. The largest absolute Gasteiger partial charge is 0.392 e. The molecular weight excluding hydrogens is 356 g/mol. The quantitative estimate of drug-likeness (QED) is 0.818. The Morgan fingerprint density at radius 2 is 2.19 bits per heavy atom. The first-order chi connectivity index (χ1) is 9.85. The molecule has 1 aliphatic rings. The van der Waals surface area contributed by atoms with E-state index in [4.69, 9.17) is 0 Å². The Bertz CT molecular complexity index is 619. The van der Waals surface area contributed by atoms with Crippen molar-refractivity contribution in [2.24, 2.45) is 0 Å². The van der Waals surface area contributed by atoms with Gasteiger partial charge >= 0.3 is 0 Å². The Morgan fingerprint density at radius 1 is 1.48 bits per heavy atom. The van der Waals surface area contributed by atoms with Crippen LogP contribution in [0, 0.1) is 6.92 Å². The summed E-state index contributed by atoms with van der Waals surface area (Å²) in [5.74, 6) is 0. The van der Waals surface area contributed by atoms with Gasteiger partial charge in [-0.3, -0.25) is 0 Å². The van der Waals surface area contributed by atoms with E-state index in [1.807, 2.05) is 7.05 Å². The summed E-state index contributed by atoms with van der Waals surface area (Å²) in [6, 6.07) is 3.52. The van der Waals surface area contributed by atoms with Crippen LogP contribution >= 0.6 is 15.9 Å². The fourth-order valence-corrected chi connectivity index (χ4v) is 4.62. The van der Waals surface area contributed by atoms with Gasteiger partial charge in [-0.25, -0.2) is 13.1 Å². The highest BCUT2D eigenvalue weighted by atomic mass is 79.9. The van der Waals surface area contributed by atoms with Crippen molar-refractivity contribution in [2.45, 2.75) is 37.3 Å². The van der Waals surface area contributed by atoms with Gasteiger partial charge in [-0.2, -0.15) is 0 Å². The molecule has 5 nitrogen and oxygen atoms in total. The van der Waals surface area contributed by atoms with Crippen molar-refractivity contribution >= 4 is 26.0 Å². The molecule has 2 rings (SSSR count). The number of nitrogens with zero attached hydrogens (tertiary/aromatic N) is 1. The number of aliphatic hydroxyl groups excluding tert-OH is 1. The fraction of sp³-hybridized carbons (Fsp3) is 0.571. The third-order valence-electron chi connectivity index (χ3n) is 4.01. The topological polar surface area (TPSA) is 69.6 Å². The van der Waals surface area contributed by atoms with Crippen molar-refractivity contribution in [3.8, 4) is 0 Å². The van der Waals surface area contributed by atoms with Crippen LogP contribution in [0.15, 0.2) is 21.5 Å². The minimum atomic E-state index is -3.57. The molecule has 7 heteroatoms. The van der Waals surface area contributed by atoms with Crippen molar-refractivity contribution < 1.29 is 13.5 Å². The second kappa shape index (κ2) is 6.75. The molecule has 0 spiro atoms. The molecule has 1 aliphatic heterocycles. The number of likely N-dealkylation sites (N-methyl/N-ethyl adjacent to an activating group) is 1. The van der Waals surface area contributed by atoms with Crippen molar-refractivity contribution in [1.82, 2.24) is 9.62 Å². The Balaban J connectivity index is 2.21. The Morgan fingerprint density at radius 3 is 2.76 bits per heavy atom. The highest BCUT2D eigenvalue weighted by Crippen LogP contribution is 2.26. The van der Waals surface area contributed by atoms with E-state index in [0.29, 0.717) is 22.1 Å². The lowest BCUT2D eigenvalue weighted by atomic mass is 10.2. The maximum atomic E-state index is 12.5. The molecule has 0 amide bonds. The van der Waals surface area contributed by atoms with Crippen LogP contribution < -0.4 is 4.72 Å². The summed E-state index contributed by atoms with van der Waals surface area (Å²) in [5.41, 5.74) is 1.23. The molecule has 0 aromatic heterocycles. The number of likely N-dealkylation sites (tertiary alicyclic amines) is 1. The molecule has 1 heterocycles. The number of rotatable bonds is 5. The second-order valence-electron chi connectivity index (χ2n) is 5.49. The van der Waals surface area contributed by atoms with Crippen molar-refractivity contribution in [2.75, 3.05) is 20.1 Å². The van der Waals surface area contributed by atoms with E-state index in [9.17, 15) is 13.5 Å². The zero-order chi connectivity index (χ0) is 15.6. The van der Waals surface area contributed by atoms with Crippen LogP contribution in [0.1, 0.15) is 24.0 Å². The maximum absolute atomic E-state index is 12.5. The highest BCUT2D eigenvalue weighted by Gasteiger charge is 2.25. The zero-order valence-electron chi connectivity index (χ0n) is 12.3. The van der Waals surface area contributed by atoms with Crippen LogP contribution in [0.3, 0.4) is 0 Å². The van der Waals surface area contributed by atoms with Gasteiger partial charge in [0.25, 0.3) is 0 Å². The van der Waals surface area contributed by atoms with Gasteiger partial charge in [0.2, 0.25) is 10.0 Å². The Kier molecular flexibility index (Phi) is 5.43. The fourth-order valence-electron chi connectivity index (χ4n) is 2.60.